The second-order valence-corrected chi connectivity index (χ2v) is 5.75. The smallest absolute Gasteiger partial charge is 0.343 e. The summed E-state index contributed by atoms with van der Waals surface area (Å²) in [4.78, 5) is 24.6. The highest BCUT2D eigenvalue weighted by Crippen LogP contribution is 2.21. The first kappa shape index (κ1) is 19.0. The van der Waals surface area contributed by atoms with E-state index in [0.29, 0.717) is 11.3 Å². The number of halogens is 1. The highest BCUT2D eigenvalue weighted by molar-refractivity contribution is 6.05. The molecule has 0 aliphatic rings. The quantitative estimate of drug-likeness (QED) is 0.522. The third-order valence-electron chi connectivity index (χ3n) is 3.80. The van der Waals surface area contributed by atoms with Crippen LogP contribution in [0.15, 0.2) is 66.9 Å². The zero-order chi connectivity index (χ0) is 19.9. The topological polar surface area (TPSA) is 73.2 Å². The van der Waals surface area contributed by atoms with Gasteiger partial charge in [0.1, 0.15) is 11.4 Å². The molecule has 0 saturated heterocycles. The van der Waals surface area contributed by atoms with Gasteiger partial charge in [-0.15, -0.1) is 0 Å². The van der Waals surface area contributed by atoms with Gasteiger partial charge in [0.25, 0.3) is 0 Å². The summed E-state index contributed by atoms with van der Waals surface area (Å²) in [5.74, 6) is -1.19. The first-order valence-corrected chi connectivity index (χ1v) is 8.63. The van der Waals surface area contributed by atoms with Crippen LogP contribution in [0.25, 0.3) is 11.8 Å². The minimum Gasteiger partial charge on any atom is -0.462 e. The molecule has 1 aromatic heterocycles. The molecule has 1 N–H and O–H groups in total. The lowest BCUT2D eigenvalue weighted by Gasteiger charge is -2.09. The van der Waals surface area contributed by atoms with E-state index in [1.165, 1.54) is 29.1 Å². The van der Waals surface area contributed by atoms with Crippen molar-refractivity contribution < 1.29 is 18.7 Å². The molecule has 1 heterocycles. The van der Waals surface area contributed by atoms with Gasteiger partial charge in [0, 0.05) is 6.08 Å². The second-order valence-electron chi connectivity index (χ2n) is 5.75. The summed E-state index contributed by atoms with van der Waals surface area (Å²) in [6, 6.07) is 14.8. The number of hydrogen-bond donors (Lipinski definition) is 1. The van der Waals surface area contributed by atoms with E-state index in [0.717, 1.165) is 0 Å². The van der Waals surface area contributed by atoms with Crippen molar-refractivity contribution in [2.24, 2.45) is 0 Å². The van der Waals surface area contributed by atoms with E-state index in [2.05, 4.69) is 10.4 Å². The van der Waals surface area contributed by atoms with Crippen LogP contribution in [0.2, 0.25) is 0 Å². The zero-order valence-electron chi connectivity index (χ0n) is 15.1. The van der Waals surface area contributed by atoms with Crippen molar-refractivity contribution >= 4 is 23.8 Å². The summed E-state index contributed by atoms with van der Waals surface area (Å²) < 4.78 is 19.5. The molecule has 1 amide bonds. The van der Waals surface area contributed by atoms with Gasteiger partial charge < -0.3 is 10.1 Å². The molecule has 6 nitrogen and oxygen atoms in total. The van der Waals surface area contributed by atoms with Crippen LogP contribution >= 0.6 is 0 Å². The summed E-state index contributed by atoms with van der Waals surface area (Å²) in [6.07, 6.45) is 4.19. The summed E-state index contributed by atoms with van der Waals surface area (Å²) in [6.45, 7) is 1.90. The average Bonchev–Trinajstić information content (AvgIpc) is 3.12. The number of anilines is 1. The van der Waals surface area contributed by atoms with Gasteiger partial charge in [-0.2, -0.15) is 5.10 Å². The molecule has 0 unspecified atom stereocenters. The molecule has 28 heavy (non-hydrogen) atoms. The average molecular weight is 379 g/mol. The highest BCUT2D eigenvalue weighted by atomic mass is 19.1. The van der Waals surface area contributed by atoms with Crippen LogP contribution in [0, 0.1) is 5.82 Å². The van der Waals surface area contributed by atoms with E-state index in [1.807, 2.05) is 18.2 Å². The first-order valence-electron chi connectivity index (χ1n) is 8.63. The first-order chi connectivity index (χ1) is 13.6. The number of amides is 1. The van der Waals surface area contributed by atoms with E-state index in [-0.39, 0.29) is 23.8 Å². The van der Waals surface area contributed by atoms with Gasteiger partial charge in [-0.25, -0.2) is 13.9 Å². The Labute approximate surface area is 161 Å². The SMILES string of the molecule is CCOC(=O)c1cnn(-c2ccccc2)c1NC(=O)C=Cc1ccc(F)cc1. The fourth-order valence-corrected chi connectivity index (χ4v) is 2.50. The van der Waals surface area contributed by atoms with Gasteiger partial charge in [0.15, 0.2) is 5.82 Å². The zero-order valence-corrected chi connectivity index (χ0v) is 15.1. The molecule has 0 atom stereocenters. The van der Waals surface area contributed by atoms with Crippen LogP contribution in [-0.2, 0) is 9.53 Å². The van der Waals surface area contributed by atoms with Crippen LogP contribution in [0.4, 0.5) is 10.2 Å². The Hall–Kier alpha value is -3.74. The van der Waals surface area contributed by atoms with Crippen molar-refractivity contribution in [3.8, 4) is 5.69 Å². The molecular weight excluding hydrogens is 361 g/mol. The maximum atomic E-state index is 13.0. The van der Waals surface area contributed by atoms with Crippen molar-refractivity contribution in [3.05, 3.63) is 83.8 Å². The number of carbonyl (C=O) groups excluding carboxylic acids is 2. The standard InChI is InChI=1S/C21H18FN3O3/c1-2-28-21(27)18-14-23-25(17-6-4-3-5-7-17)20(18)24-19(26)13-10-15-8-11-16(22)12-9-15/h3-14H,2H2,1H3,(H,24,26). The fraction of sp³-hybridized carbons (Fsp3) is 0.0952. The third-order valence-corrected chi connectivity index (χ3v) is 3.80. The number of rotatable bonds is 6. The molecular formula is C21H18FN3O3. The number of nitrogens with one attached hydrogen (secondary N) is 1. The van der Waals surface area contributed by atoms with Crippen molar-refractivity contribution in [1.29, 1.82) is 0 Å². The molecule has 142 valence electrons. The molecule has 0 spiro atoms. The summed E-state index contributed by atoms with van der Waals surface area (Å²) in [5, 5.41) is 6.88. The lowest BCUT2D eigenvalue weighted by atomic mass is 10.2. The van der Waals surface area contributed by atoms with Gasteiger partial charge in [-0.05, 0) is 42.8 Å². The maximum absolute atomic E-state index is 13.0. The van der Waals surface area contributed by atoms with E-state index in [4.69, 9.17) is 4.74 Å². The Morgan fingerprint density at radius 3 is 2.54 bits per heavy atom. The Kier molecular flexibility index (Phi) is 5.96. The number of aromatic nitrogens is 2. The highest BCUT2D eigenvalue weighted by Gasteiger charge is 2.20. The van der Waals surface area contributed by atoms with Crippen molar-refractivity contribution in [2.75, 3.05) is 11.9 Å². The lowest BCUT2D eigenvalue weighted by Crippen LogP contribution is -2.16. The molecule has 0 saturated carbocycles. The minimum atomic E-state index is -0.581. The molecule has 0 aliphatic carbocycles. The van der Waals surface area contributed by atoms with E-state index < -0.39 is 11.9 Å². The largest absolute Gasteiger partial charge is 0.462 e. The molecule has 0 bridgehead atoms. The normalized spacial score (nSPS) is 10.8. The number of hydrogen-bond acceptors (Lipinski definition) is 4. The molecule has 3 aromatic rings. The van der Waals surface area contributed by atoms with Crippen LogP contribution in [0.1, 0.15) is 22.8 Å². The molecule has 3 rings (SSSR count). The van der Waals surface area contributed by atoms with Gasteiger partial charge in [-0.1, -0.05) is 30.3 Å². The van der Waals surface area contributed by atoms with Gasteiger partial charge in [0.05, 0.1) is 18.5 Å². The van der Waals surface area contributed by atoms with Crippen LogP contribution in [-0.4, -0.2) is 28.3 Å². The monoisotopic (exact) mass is 379 g/mol. The summed E-state index contributed by atoms with van der Waals surface area (Å²) in [7, 11) is 0. The number of para-hydroxylation sites is 1. The van der Waals surface area contributed by atoms with Crippen molar-refractivity contribution in [1.82, 2.24) is 9.78 Å². The van der Waals surface area contributed by atoms with E-state index in [9.17, 15) is 14.0 Å². The Balaban J connectivity index is 1.88. The predicted molar refractivity (Wildman–Crippen MR) is 104 cm³/mol. The van der Waals surface area contributed by atoms with Crippen LogP contribution in [0.5, 0.6) is 0 Å². The summed E-state index contributed by atoms with van der Waals surface area (Å²) in [5.41, 5.74) is 1.49. The number of esters is 1. The fourth-order valence-electron chi connectivity index (χ4n) is 2.50. The Bertz CT molecular complexity index is 995. The number of benzene rings is 2. The second kappa shape index (κ2) is 8.77. The minimum absolute atomic E-state index is 0.147. The Morgan fingerprint density at radius 1 is 1.14 bits per heavy atom. The molecule has 2 aromatic carbocycles. The number of nitrogens with zero attached hydrogens (tertiary/aromatic N) is 2. The van der Waals surface area contributed by atoms with Crippen molar-refractivity contribution in [3.63, 3.8) is 0 Å². The van der Waals surface area contributed by atoms with E-state index >= 15 is 0 Å². The Morgan fingerprint density at radius 2 is 1.86 bits per heavy atom. The van der Waals surface area contributed by atoms with Gasteiger partial charge in [0.2, 0.25) is 5.91 Å². The van der Waals surface area contributed by atoms with Gasteiger partial charge >= 0.3 is 5.97 Å². The van der Waals surface area contributed by atoms with Gasteiger partial charge in [-0.3, -0.25) is 4.79 Å². The van der Waals surface area contributed by atoms with Crippen LogP contribution < -0.4 is 5.32 Å². The number of ether oxygens (including phenoxy) is 1. The van der Waals surface area contributed by atoms with Crippen molar-refractivity contribution in [2.45, 2.75) is 6.92 Å². The lowest BCUT2D eigenvalue weighted by molar-refractivity contribution is -0.111. The molecule has 0 radical (unpaired) electrons. The maximum Gasteiger partial charge on any atom is 0.343 e. The predicted octanol–water partition coefficient (Wildman–Crippen LogP) is 3.84. The van der Waals surface area contributed by atoms with E-state index in [1.54, 1.807) is 37.3 Å². The molecule has 7 heteroatoms. The third kappa shape index (κ3) is 4.50. The summed E-state index contributed by atoms with van der Waals surface area (Å²) >= 11 is 0. The molecule has 0 fully saturated rings. The van der Waals surface area contributed by atoms with Crippen LogP contribution in [0.3, 0.4) is 0 Å². The molecule has 0 aliphatic heterocycles. The number of carbonyl (C=O) groups is 2.